The molecule has 2 N–H and O–H groups in total. The Hall–Kier alpha value is -0.680. The molecular weight excluding hydrogens is 304 g/mol. The molecule has 0 spiro atoms. The molecule has 0 aliphatic heterocycles. The zero-order valence-corrected chi connectivity index (χ0v) is 12.8. The predicted molar refractivity (Wildman–Crippen MR) is 72.4 cm³/mol. The summed E-state index contributed by atoms with van der Waals surface area (Å²) in [5, 5.41) is 0. The van der Waals surface area contributed by atoms with E-state index in [1.807, 2.05) is 6.92 Å². The fraction of sp³-hybridized carbons (Fsp3) is 0.538. The molecule has 0 bridgehead atoms. The lowest BCUT2D eigenvalue weighted by Crippen LogP contribution is -2.37. The molecule has 0 aliphatic carbocycles. The summed E-state index contributed by atoms with van der Waals surface area (Å²) in [7, 11) is 1.40. The maximum atomic E-state index is 14.3. The van der Waals surface area contributed by atoms with Crippen molar-refractivity contribution in [3.05, 3.63) is 26.7 Å². The van der Waals surface area contributed by atoms with Gasteiger partial charge in [0.25, 0.3) is 5.92 Å². The third-order valence-corrected chi connectivity index (χ3v) is 4.46. The molecule has 1 atom stereocenters. The number of hydrogen-bond donors (Lipinski definition) is 1. The first-order valence-electron chi connectivity index (χ1n) is 5.63. The Labute approximate surface area is 115 Å². The van der Waals surface area contributed by atoms with Crippen molar-refractivity contribution >= 4 is 15.9 Å². The van der Waals surface area contributed by atoms with E-state index >= 15 is 0 Å². The Balaban J connectivity index is 3.73. The molecular formula is C13H18BrF2NO. The summed E-state index contributed by atoms with van der Waals surface area (Å²) in [6.45, 7) is 6.56. The van der Waals surface area contributed by atoms with Crippen molar-refractivity contribution in [1.82, 2.24) is 0 Å². The van der Waals surface area contributed by atoms with E-state index in [1.165, 1.54) is 14.0 Å². The fourth-order valence-corrected chi connectivity index (χ4v) is 2.46. The summed E-state index contributed by atoms with van der Waals surface area (Å²) in [4.78, 5) is 0. The highest BCUT2D eigenvalue weighted by molar-refractivity contribution is 9.10. The number of methoxy groups -OCH3 is 1. The number of nitrogens with two attached hydrogens (primary N) is 1. The molecule has 0 radical (unpaired) electrons. The van der Waals surface area contributed by atoms with E-state index in [-0.39, 0.29) is 11.3 Å². The Morgan fingerprint density at radius 1 is 1.17 bits per heavy atom. The van der Waals surface area contributed by atoms with Gasteiger partial charge in [-0.1, -0.05) is 15.9 Å². The molecule has 0 saturated carbocycles. The first-order valence-corrected chi connectivity index (χ1v) is 6.42. The van der Waals surface area contributed by atoms with E-state index in [1.54, 1.807) is 13.8 Å². The van der Waals surface area contributed by atoms with Crippen molar-refractivity contribution in [1.29, 1.82) is 0 Å². The van der Waals surface area contributed by atoms with Gasteiger partial charge in [-0.05, 0) is 44.4 Å². The van der Waals surface area contributed by atoms with E-state index in [9.17, 15) is 8.78 Å². The first kappa shape index (κ1) is 15.4. The van der Waals surface area contributed by atoms with Crippen LogP contribution in [0.4, 0.5) is 8.78 Å². The third-order valence-electron chi connectivity index (χ3n) is 3.27. The largest absolute Gasteiger partial charge is 0.496 e. The maximum absolute atomic E-state index is 14.3. The smallest absolute Gasteiger partial charge is 0.291 e. The van der Waals surface area contributed by atoms with Crippen LogP contribution < -0.4 is 10.5 Å². The topological polar surface area (TPSA) is 35.2 Å². The lowest BCUT2D eigenvalue weighted by Gasteiger charge is -2.27. The van der Waals surface area contributed by atoms with E-state index in [0.29, 0.717) is 15.6 Å². The molecule has 102 valence electrons. The van der Waals surface area contributed by atoms with Crippen molar-refractivity contribution < 1.29 is 13.5 Å². The number of ether oxygens (including phenoxy) is 1. The lowest BCUT2D eigenvalue weighted by molar-refractivity contribution is -0.0283. The second-order valence-electron chi connectivity index (χ2n) is 4.51. The highest BCUT2D eigenvalue weighted by atomic mass is 79.9. The van der Waals surface area contributed by atoms with Crippen molar-refractivity contribution in [3.63, 3.8) is 0 Å². The van der Waals surface area contributed by atoms with Gasteiger partial charge < -0.3 is 10.5 Å². The van der Waals surface area contributed by atoms with Gasteiger partial charge in [0, 0.05) is 4.47 Å². The van der Waals surface area contributed by atoms with Gasteiger partial charge in [-0.15, -0.1) is 0 Å². The van der Waals surface area contributed by atoms with Gasteiger partial charge in [0.15, 0.2) is 0 Å². The van der Waals surface area contributed by atoms with Crippen LogP contribution in [0, 0.1) is 20.8 Å². The summed E-state index contributed by atoms with van der Waals surface area (Å²) >= 11 is 3.36. The van der Waals surface area contributed by atoms with Gasteiger partial charge in [-0.25, -0.2) is 0 Å². The molecule has 0 heterocycles. The number of hydrogen-bond acceptors (Lipinski definition) is 2. The molecule has 18 heavy (non-hydrogen) atoms. The Kier molecular flexibility index (Phi) is 4.38. The minimum atomic E-state index is -3.13. The molecule has 0 aromatic heterocycles. The van der Waals surface area contributed by atoms with Gasteiger partial charge in [0.2, 0.25) is 0 Å². The van der Waals surface area contributed by atoms with Gasteiger partial charge in [0.05, 0.1) is 18.7 Å². The second-order valence-corrected chi connectivity index (χ2v) is 5.30. The molecule has 1 aromatic rings. The van der Waals surface area contributed by atoms with Crippen molar-refractivity contribution in [2.45, 2.75) is 39.7 Å². The van der Waals surface area contributed by atoms with E-state index in [0.717, 1.165) is 5.56 Å². The first-order chi connectivity index (χ1) is 8.16. The molecule has 0 aliphatic rings. The second kappa shape index (κ2) is 5.13. The van der Waals surface area contributed by atoms with Gasteiger partial charge in [-0.2, -0.15) is 8.78 Å². The van der Waals surface area contributed by atoms with Crippen LogP contribution in [0.5, 0.6) is 5.75 Å². The highest BCUT2D eigenvalue weighted by Gasteiger charge is 2.41. The van der Waals surface area contributed by atoms with Gasteiger partial charge in [0.1, 0.15) is 5.75 Å². The highest BCUT2D eigenvalue weighted by Crippen LogP contribution is 2.45. The van der Waals surface area contributed by atoms with Crippen molar-refractivity contribution in [3.8, 4) is 5.75 Å². The molecule has 1 aromatic carbocycles. The Morgan fingerprint density at radius 2 is 1.67 bits per heavy atom. The molecule has 2 nitrogen and oxygen atoms in total. The summed E-state index contributed by atoms with van der Waals surface area (Å²) < 4.78 is 34.4. The number of benzene rings is 1. The molecule has 1 rings (SSSR count). The van der Waals surface area contributed by atoms with Crippen molar-refractivity contribution in [2.24, 2.45) is 5.73 Å². The van der Waals surface area contributed by atoms with Crippen LogP contribution in [0.3, 0.4) is 0 Å². The number of halogens is 3. The quantitative estimate of drug-likeness (QED) is 0.918. The number of rotatable bonds is 3. The molecule has 1 unspecified atom stereocenters. The zero-order valence-electron chi connectivity index (χ0n) is 11.2. The average molecular weight is 322 g/mol. The SMILES string of the molecule is COc1c(C)c(C)c(Br)c(C)c1C(F)(F)C(C)N. The van der Waals surface area contributed by atoms with Crippen molar-refractivity contribution in [2.75, 3.05) is 7.11 Å². The normalized spacial score (nSPS) is 13.6. The minimum Gasteiger partial charge on any atom is -0.496 e. The summed E-state index contributed by atoms with van der Waals surface area (Å²) in [6.07, 6.45) is 0. The summed E-state index contributed by atoms with van der Waals surface area (Å²) in [6, 6.07) is -1.28. The molecule has 5 heteroatoms. The van der Waals surface area contributed by atoms with E-state index in [2.05, 4.69) is 15.9 Å². The summed E-state index contributed by atoms with van der Waals surface area (Å²) in [5.74, 6) is -2.91. The van der Waals surface area contributed by atoms with Crippen LogP contribution in [0.25, 0.3) is 0 Å². The van der Waals surface area contributed by atoms with Crippen LogP contribution in [0.15, 0.2) is 4.47 Å². The Morgan fingerprint density at radius 3 is 2.06 bits per heavy atom. The number of alkyl halides is 2. The summed E-state index contributed by atoms with van der Waals surface area (Å²) in [5.41, 5.74) is 7.35. The van der Waals surface area contributed by atoms with Crippen LogP contribution in [-0.2, 0) is 5.92 Å². The molecule has 0 fully saturated rings. The van der Waals surface area contributed by atoms with Crippen LogP contribution in [0.1, 0.15) is 29.2 Å². The molecule has 0 saturated heterocycles. The standard InChI is InChI=1S/C13H18BrF2NO/c1-6-7(2)12(18-5)10(8(3)11(6)14)13(15,16)9(4)17/h9H,17H2,1-5H3. The van der Waals surface area contributed by atoms with Crippen LogP contribution >= 0.6 is 15.9 Å². The van der Waals surface area contributed by atoms with Gasteiger partial charge in [-0.3, -0.25) is 0 Å². The predicted octanol–water partition coefficient (Wildman–Crippen LogP) is 3.82. The van der Waals surface area contributed by atoms with Crippen LogP contribution in [-0.4, -0.2) is 13.2 Å². The average Bonchev–Trinajstić information content (AvgIpc) is 2.30. The third kappa shape index (κ3) is 2.26. The lowest BCUT2D eigenvalue weighted by atomic mass is 9.92. The molecule has 0 amide bonds. The van der Waals surface area contributed by atoms with E-state index < -0.39 is 12.0 Å². The zero-order chi connectivity index (χ0) is 14.2. The maximum Gasteiger partial charge on any atom is 0.291 e. The van der Waals surface area contributed by atoms with Gasteiger partial charge >= 0.3 is 0 Å². The minimum absolute atomic E-state index is 0.130. The monoisotopic (exact) mass is 321 g/mol. The van der Waals surface area contributed by atoms with Crippen LogP contribution in [0.2, 0.25) is 0 Å². The van der Waals surface area contributed by atoms with E-state index in [4.69, 9.17) is 10.5 Å². The fourth-order valence-electron chi connectivity index (χ4n) is 1.97. The Bertz CT molecular complexity index is 473.